The van der Waals surface area contributed by atoms with Crippen LogP contribution < -0.4 is 10.6 Å². The van der Waals surface area contributed by atoms with Gasteiger partial charge in [-0.3, -0.25) is 4.98 Å². The van der Waals surface area contributed by atoms with Gasteiger partial charge in [-0.25, -0.2) is 4.98 Å². The third kappa shape index (κ3) is 5.05. The standard InChI is InChI=1S/C21H24BrN5O/c1-13(2)19(12-28)26-21-25-18(15-5-4-8-23-11-15)10-20(27-21)24-17-7-6-16(22)9-14(17)3/h4-11,13,19,28H,12H2,1-3H3,(H2,24,25,26,27)/t19-/m1/s1. The molecule has 6 nitrogen and oxygen atoms in total. The van der Waals surface area contributed by atoms with Crippen LogP contribution in [0.3, 0.4) is 0 Å². The van der Waals surface area contributed by atoms with Crippen LogP contribution >= 0.6 is 15.9 Å². The molecule has 0 bridgehead atoms. The molecule has 0 saturated carbocycles. The third-order valence-corrected chi connectivity index (χ3v) is 4.94. The van der Waals surface area contributed by atoms with Crippen LogP contribution in [-0.4, -0.2) is 32.7 Å². The van der Waals surface area contributed by atoms with E-state index in [0.29, 0.717) is 11.8 Å². The minimum absolute atomic E-state index is 0.00668. The van der Waals surface area contributed by atoms with E-state index >= 15 is 0 Å². The zero-order valence-corrected chi connectivity index (χ0v) is 17.7. The Balaban J connectivity index is 1.99. The molecule has 3 N–H and O–H groups in total. The topological polar surface area (TPSA) is 83.0 Å². The number of aryl methyl sites for hydroxylation is 1. The average Bonchev–Trinajstić information content (AvgIpc) is 2.68. The first-order valence-corrected chi connectivity index (χ1v) is 9.95. The lowest BCUT2D eigenvalue weighted by atomic mass is 10.1. The highest BCUT2D eigenvalue weighted by molar-refractivity contribution is 9.10. The van der Waals surface area contributed by atoms with Crippen LogP contribution in [0.1, 0.15) is 19.4 Å². The Hall–Kier alpha value is -2.51. The Kier molecular flexibility index (Phi) is 6.59. The van der Waals surface area contributed by atoms with Gasteiger partial charge in [0.25, 0.3) is 0 Å². The second kappa shape index (κ2) is 9.12. The molecule has 0 aliphatic rings. The second-order valence-corrected chi connectivity index (χ2v) is 7.88. The van der Waals surface area contributed by atoms with E-state index in [0.717, 1.165) is 27.0 Å². The Morgan fingerprint density at radius 1 is 1.14 bits per heavy atom. The molecule has 0 saturated heterocycles. The highest BCUT2D eigenvalue weighted by atomic mass is 79.9. The molecular formula is C21H24BrN5O. The molecule has 2 aromatic heterocycles. The second-order valence-electron chi connectivity index (χ2n) is 6.97. The molecule has 3 aromatic rings. The number of anilines is 3. The molecule has 28 heavy (non-hydrogen) atoms. The van der Waals surface area contributed by atoms with Crippen molar-refractivity contribution in [1.29, 1.82) is 0 Å². The minimum atomic E-state index is -0.133. The number of nitrogens with zero attached hydrogens (tertiary/aromatic N) is 3. The summed E-state index contributed by atoms with van der Waals surface area (Å²) in [4.78, 5) is 13.4. The lowest BCUT2D eigenvalue weighted by Gasteiger charge is -2.21. The van der Waals surface area contributed by atoms with E-state index in [1.165, 1.54) is 0 Å². The summed E-state index contributed by atoms with van der Waals surface area (Å²) in [6, 6.07) is 11.6. The molecule has 1 aromatic carbocycles. The normalized spacial score (nSPS) is 12.1. The Morgan fingerprint density at radius 3 is 2.61 bits per heavy atom. The molecule has 0 aliphatic heterocycles. The van der Waals surface area contributed by atoms with Crippen LogP contribution in [0.5, 0.6) is 0 Å². The van der Waals surface area contributed by atoms with Gasteiger partial charge in [-0.05, 0) is 48.7 Å². The Morgan fingerprint density at radius 2 is 1.96 bits per heavy atom. The van der Waals surface area contributed by atoms with Crippen LogP contribution in [0.15, 0.2) is 53.3 Å². The summed E-state index contributed by atoms with van der Waals surface area (Å²) in [5, 5.41) is 16.3. The van der Waals surface area contributed by atoms with Crippen molar-refractivity contribution in [2.75, 3.05) is 17.2 Å². The highest BCUT2D eigenvalue weighted by Gasteiger charge is 2.15. The number of rotatable bonds is 7. The fraction of sp³-hybridized carbons (Fsp3) is 0.286. The number of halogens is 1. The first-order valence-electron chi connectivity index (χ1n) is 9.16. The number of benzene rings is 1. The van der Waals surface area contributed by atoms with Crippen LogP contribution in [0, 0.1) is 12.8 Å². The lowest BCUT2D eigenvalue weighted by Crippen LogP contribution is -2.30. The zero-order valence-electron chi connectivity index (χ0n) is 16.1. The van der Waals surface area contributed by atoms with Crippen molar-refractivity contribution in [3.63, 3.8) is 0 Å². The molecule has 0 unspecified atom stereocenters. The molecule has 2 heterocycles. The van der Waals surface area contributed by atoms with E-state index in [1.54, 1.807) is 12.4 Å². The number of hydrogen-bond donors (Lipinski definition) is 3. The number of aromatic nitrogens is 3. The van der Waals surface area contributed by atoms with Crippen molar-refractivity contribution in [3.8, 4) is 11.3 Å². The molecule has 0 radical (unpaired) electrons. The minimum Gasteiger partial charge on any atom is -0.394 e. The maximum absolute atomic E-state index is 9.66. The summed E-state index contributed by atoms with van der Waals surface area (Å²) in [6.07, 6.45) is 3.50. The Labute approximate surface area is 173 Å². The summed E-state index contributed by atoms with van der Waals surface area (Å²) in [5.41, 5.74) is 3.71. The maximum Gasteiger partial charge on any atom is 0.225 e. The van der Waals surface area contributed by atoms with Gasteiger partial charge in [-0.2, -0.15) is 4.98 Å². The lowest BCUT2D eigenvalue weighted by molar-refractivity contribution is 0.248. The fourth-order valence-corrected chi connectivity index (χ4v) is 3.21. The summed E-state index contributed by atoms with van der Waals surface area (Å²) < 4.78 is 1.03. The van der Waals surface area contributed by atoms with E-state index < -0.39 is 0 Å². The van der Waals surface area contributed by atoms with Crippen molar-refractivity contribution in [3.05, 3.63) is 58.8 Å². The number of hydrogen-bond acceptors (Lipinski definition) is 6. The molecular weight excluding hydrogens is 418 g/mol. The molecule has 0 fully saturated rings. The van der Waals surface area contributed by atoms with Gasteiger partial charge >= 0.3 is 0 Å². The predicted octanol–water partition coefficient (Wildman–Crippen LogP) is 4.78. The van der Waals surface area contributed by atoms with E-state index in [2.05, 4.69) is 41.5 Å². The molecule has 0 spiro atoms. The van der Waals surface area contributed by atoms with Crippen LogP contribution in [0.2, 0.25) is 0 Å². The van der Waals surface area contributed by atoms with E-state index in [4.69, 9.17) is 0 Å². The van der Waals surface area contributed by atoms with Gasteiger partial charge in [0.1, 0.15) is 5.82 Å². The van der Waals surface area contributed by atoms with Gasteiger partial charge < -0.3 is 15.7 Å². The van der Waals surface area contributed by atoms with Crippen molar-refractivity contribution in [1.82, 2.24) is 15.0 Å². The highest BCUT2D eigenvalue weighted by Crippen LogP contribution is 2.26. The van der Waals surface area contributed by atoms with Crippen molar-refractivity contribution < 1.29 is 5.11 Å². The van der Waals surface area contributed by atoms with Crippen molar-refractivity contribution in [2.45, 2.75) is 26.8 Å². The van der Waals surface area contributed by atoms with E-state index in [9.17, 15) is 5.11 Å². The van der Waals surface area contributed by atoms with Gasteiger partial charge in [0, 0.05) is 34.2 Å². The summed E-state index contributed by atoms with van der Waals surface area (Å²) in [5.74, 6) is 1.37. The third-order valence-electron chi connectivity index (χ3n) is 4.45. The van der Waals surface area contributed by atoms with Gasteiger partial charge in [-0.15, -0.1) is 0 Å². The molecule has 146 valence electrons. The van der Waals surface area contributed by atoms with Gasteiger partial charge in [0.2, 0.25) is 5.95 Å². The summed E-state index contributed by atoms with van der Waals surface area (Å²) >= 11 is 3.49. The maximum atomic E-state index is 9.66. The first-order chi connectivity index (χ1) is 13.5. The molecule has 3 rings (SSSR count). The Bertz CT molecular complexity index is 933. The summed E-state index contributed by atoms with van der Waals surface area (Å²) in [6.45, 7) is 6.13. The van der Waals surface area contributed by atoms with E-state index in [1.807, 2.05) is 57.2 Å². The molecule has 7 heteroatoms. The molecule has 1 atom stereocenters. The quantitative estimate of drug-likeness (QED) is 0.489. The van der Waals surface area contributed by atoms with Gasteiger partial charge in [-0.1, -0.05) is 29.8 Å². The van der Waals surface area contributed by atoms with Crippen LogP contribution in [0.25, 0.3) is 11.3 Å². The predicted molar refractivity (Wildman–Crippen MR) is 117 cm³/mol. The fourth-order valence-electron chi connectivity index (χ4n) is 2.73. The average molecular weight is 442 g/mol. The largest absolute Gasteiger partial charge is 0.394 e. The summed E-state index contributed by atoms with van der Waals surface area (Å²) in [7, 11) is 0. The first kappa shape index (κ1) is 20.2. The number of pyridine rings is 1. The van der Waals surface area contributed by atoms with Crippen molar-refractivity contribution >= 4 is 33.4 Å². The molecule has 0 amide bonds. The monoisotopic (exact) mass is 441 g/mol. The van der Waals surface area contributed by atoms with Crippen molar-refractivity contribution in [2.24, 2.45) is 5.92 Å². The van der Waals surface area contributed by atoms with Crippen LogP contribution in [0.4, 0.5) is 17.5 Å². The SMILES string of the molecule is Cc1cc(Br)ccc1Nc1cc(-c2cccnc2)nc(N[C@H](CO)C(C)C)n1. The zero-order chi connectivity index (χ0) is 20.1. The number of aliphatic hydroxyl groups is 1. The smallest absolute Gasteiger partial charge is 0.225 e. The number of aliphatic hydroxyl groups excluding tert-OH is 1. The van der Waals surface area contributed by atoms with Gasteiger partial charge in [0.15, 0.2) is 0 Å². The number of nitrogens with one attached hydrogen (secondary N) is 2. The van der Waals surface area contributed by atoms with E-state index in [-0.39, 0.29) is 18.6 Å². The van der Waals surface area contributed by atoms with Gasteiger partial charge in [0.05, 0.1) is 18.3 Å². The van der Waals surface area contributed by atoms with Crippen LogP contribution in [-0.2, 0) is 0 Å². The molecule has 0 aliphatic carbocycles.